The van der Waals surface area contributed by atoms with Crippen molar-refractivity contribution in [1.29, 1.82) is 0 Å². The molecule has 2 aromatic rings. The van der Waals surface area contributed by atoms with Gasteiger partial charge in [0.05, 0.1) is 6.04 Å². The number of carbonyl (C=O) groups is 2. The Hall–Kier alpha value is -2.05. The van der Waals surface area contributed by atoms with Crippen LogP contribution in [0.25, 0.3) is 0 Å². The number of halogens is 1. The van der Waals surface area contributed by atoms with Gasteiger partial charge in [0, 0.05) is 28.9 Å². The predicted octanol–water partition coefficient (Wildman–Crippen LogP) is 4.94. The maximum absolute atomic E-state index is 13.3. The molecule has 3 rings (SSSR count). The van der Waals surface area contributed by atoms with Crippen LogP contribution in [0.15, 0.2) is 35.7 Å². The third kappa shape index (κ3) is 5.16. The maximum Gasteiger partial charge on any atom is 0.242 e. The van der Waals surface area contributed by atoms with Gasteiger partial charge in [0.15, 0.2) is 0 Å². The lowest BCUT2D eigenvalue weighted by atomic mass is 10.00. The molecular formula is C23H29ClN2O3S. The first-order valence-electron chi connectivity index (χ1n) is 10.5. The van der Waals surface area contributed by atoms with Crippen molar-refractivity contribution in [3.63, 3.8) is 0 Å². The Balaban J connectivity index is 1.77. The summed E-state index contributed by atoms with van der Waals surface area (Å²) in [6, 6.07) is 9.19. The first-order valence-corrected chi connectivity index (χ1v) is 11.7. The number of fused-ring (bicyclic) bond motifs is 1. The van der Waals surface area contributed by atoms with E-state index in [1.165, 1.54) is 4.88 Å². The van der Waals surface area contributed by atoms with Crippen molar-refractivity contribution >= 4 is 34.8 Å². The fraction of sp³-hybridized carbons (Fsp3) is 0.478. The highest BCUT2D eigenvalue weighted by Crippen LogP contribution is 2.34. The smallest absolute Gasteiger partial charge is 0.242 e. The number of hydrogen-bond donors (Lipinski definition) is 0. The molecule has 0 N–H and O–H groups in total. The largest absolute Gasteiger partial charge is 0.491 e. The minimum atomic E-state index is -0.168. The average molecular weight is 449 g/mol. The lowest BCUT2D eigenvalue weighted by molar-refractivity contribution is -0.144. The van der Waals surface area contributed by atoms with Crippen LogP contribution in [0.5, 0.6) is 5.75 Å². The van der Waals surface area contributed by atoms with Crippen LogP contribution >= 0.6 is 22.9 Å². The fourth-order valence-electron chi connectivity index (χ4n) is 3.73. The quantitative estimate of drug-likeness (QED) is 0.574. The van der Waals surface area contributed by atoms with Crippen LogP contribution in [0.2, 0.25) is 5.02 Å². The van der Waals surface area contributed by atoms with E-state index in [0.717, 1.165) is 24.2 Å². The summed E-state index contributed by atoms with van der Waals surface area (Å²) in [7, 11) is 0. The minimum absolute atomic E-state index is 0.0138. The van der Waals surface area contributed by atoms with Crippen LogP contribution in [0.1, 0.15) is 50.1 Å². The molecule has 2 atom stereocenters. The Morgan fingerprint density at radius 1 is 1.27 bits per heavy atom. The van der Waals surface area contributed by atoms with Gasteiger partial charge in [-0.15, -0.1) is 11.3 Å². The van der Waals surface area contributed by atoms with Gasteiger partial charge in [0.25, 0.3) is 0 Å². The van der Waals surface area contributed by atoms with E-state index in [-0.39, 0.29) is 30.4 Å². The van der Waals surface area contributed by atoms with Gasteiger partial charge >= 0.3 is 0 Å². The molecule has 5 nitrogen and oxygen atoms in total. The average Bonchev–Trinajstić information content (AvgIpc) is 3.24. The lowest BCUT2D eigenvalue weighted by Gasteiger charge is -2.38. The molecule has 0 spiro atoms. The normalized spacial score (nSPS) is 16.7. The Bertz CT molecular complexity index is 868. The van der Waals surface area contributed by atoms with Crippen molar-refractivity contribution in [1.82, 2.24) is 9.80 Å². The molecule has 0 saturated heterocycles. The van der Waals surface area contributed by atoms with Crippen molar-refractivity contribution in [2.75, 3.05) is 19.7 Å². The SMILES string of the molecule is CCC(=O)N(CC(=O)N1CCc2sccc2C1COc1ccc(Cl)cc1)C(C)CC. The van der Waals surface area contributed by atoms with Crippen LogP contribution in [0.4, 0.5) is 0 Å². The Labute approximate surface area is 187 Å². The molecule has 2 amide bonds. The van der Waals surface area contributed by atoms with E-state index in [0.29, 0.717) is 24.6 Å². The minimum Gasteiger partial charge on any atom is -0.491 e. The van der Waals surface area contributed by atoms with Crippen molar-refractivity contribution in [3.8, 4) is 5.75 Å². The van der Waals surface area contributed by atoms with Crippen LogP contribution < -0.4 is 4.74 Å². The zero-order chi connectivity index (χ0) is 21.7. The number of hydrogen-bond acceptors (Lipinski definition) is 4. The van der Waals surface area contributed by atoms with Crippen LogP contribution in [0.3, 0.4) is 0 Å². The number of rotatable bonds is 8. The second kappa shape index (κ2) is 10.3. The molecule has 0 radical (unpaired) electrons. The molecule has 1 aromatic carbocycles. The van der Waals surface area contributed by atoms with Gasteiger partial charge in [-0.25, -0.2) is 0 Å². The molecule has 162 valence electrons. The van der Waals surface area contributed by atoms with Crippen LogP contribution in [-0.4, -0.2) is 47.4 Å². The van der Waals surface area contributed by atoms with E-state index in [1.54, 1.807) is 28.4 Å². The molecule has 7 heteroatoms. The molecule has 1 aliphatic rings. The van der Waals surface area contributed by atoms with Crippen LogP contribution in [0, 0.1) is 0 Å². The first-order chi connectivity index (χ1) is 14.4. The highest BCUT2D eigenvalue weighted by atomic mass is 35.5. The predicted molar refractivity (Wildman–Crippen MR) is 121 cm³/mol. The van der Waals surface area contributed by atoms with Gasteiger partial charge < -0.3 is 14.5 Å². The number of thiophene rings is 1. The van der Waals surface area contributed by atoms with Gasteiger partial charge in [0.1, 0.15) is 18.9 Å². The zero-order valence-electron chi connectivity index (χ0n) is 17.8. The van der Waals surface area contributed by atoms with E-state index in [2.05, 4.69) is 11.4 Å². The Morgan fingerprint density at radius 2 is 2.00 bits per heavy atom. The van der Waals surface area contributed by atoms with Gasteiger partial charge in [-0.3, -0.25) is 9.59 Å². The van der Waals surface area contributed by atoms with Crippen molar-refractivity contribution < 1.29 is 14.3 Å². The molecule has 2 heterocycles. The summed E-state index contributed by atoms with van der Waals surface area (Å²) >= 11 is 7.68. The third-order valence-corrected chi connectivity index (χ3v) is 6.94. The van der Waals surface area contributed by atoms with Gasteiger partial charge in [-0.05, 0) is 61.0 Å². The van der Waals surface area contributed by atoms with E-state index in [4.69, 9.17) is 16.3 Å². The summed E-state index contributed by atoms with van der Waals surface area (Å²) in [6.07, 6.45) is 2.05. The highest BCUT2D eigenvalue weighted by molar-refractivity contribution is 7.10. The molecule has 1 aliphatic heterocycles. The van der Waals surface area contributed by atoms with Gasteiger partial charge in [0.2, 0.25) is 11.8 Å². The second-order valence-electron chi connectivity index (χ2n) is 7.55. The molecule has 0 bridgehead atoms. The zero-order valence-corrected chi connectivity index (χ0v) is 19.3. The number of benzene rings is 1. The molecule has 0 fully saturated rings. The molecule has 30 heavy (non-hydrogen) atoms. The summed E-state index contributed by atoms with van der Waals surface area (Å²) in [6.45, 7) is 6.97. The monoisotopic (exact) mass is 448 g/mol. The number of ether oxygens (including phenoxy) is 1. The summed E-state index contributed by atoms with van der Waals surface area (Å²) in [5.41, 5.74) is 1.14. The molecule has 0 saturated carbocycles. The topological polar surface area (TPSA) is 49.9 Å². The van der Waals surface area contributed by atoms with E-state index >= 15 is 0 Å². The highest BCUT2D eigenvalue weighted by Gasteiger charge is 2.34. The summed E-state index contributed by atoms with van der Waals surface area (Å²) in [5.74, 6) is 0.704. The van der Waals surface area contributed by atoms with E-state index < -0.39 is 0 Å². The van der Waals surface area contributed by atoms with Gasteiger partial charge in [-0.1, -0.05) is 25.4 Å². The molecule has 1 aromatic heterocycles. The fourth-order valence-corrected chi connectivity index (χ4v) is 4.78. The van der Waals surface area contributed by atoms with Crippen molar-refractivity contribution in [2.24, 2.45) is 0 Å². The van der Waals surface area contributed by atoms with Gasteiger partial charge in [-0.2, -0.15) is 0 Å². The third-order valence-electron chi connectivity index (χ3n) is 5.69. The van der Waals surface area contributed by atoms with Crippen LogP contribution in [-0.2, 0) is 16.0 Å². The Morgan fingerprint density at radius 3 is 2.67 bits per heavy atom. The van der Waals surface area contributed by atoms with Crippen molar-refractivity contribution in [2.45, 2.75) is 52.1 Å². The molecular weight excluding hydrogens is 420 g/mol. The molecule has 2 unspecified atom stereocenters. The molecule has 0 aliphatic carbocycles. The first kappa shape index (κ1) is 22.6. The lowest BCUT2D eigenvalue weighted by Crippen LogP contribution is -2.49. The van der Waals surface area contributed by atoms with Crippen molar-refractivity contribution in [3.05, 3.63) is 51.2 Å². The standard InChI is InChI=1S/C23H29ClN2O3S/c1-4-16(3)26(22(27)5-2)14-23(28)25-12-10-21-19(11-13-30-21)20(25)15-29-18-8-6-17(24)7-9-18/h6-9,11,13,16,20H,4-5,10,12,14-15H2,1-3H3. The maximum atomic E-state index is 13.3. The summed E-state index contributed by atoms with van der Waals surface area (Å²) in [5, 5.41) is 2.72. The number of amides is 2. The Kier molecular flexibility index (Phi) is 7.78. The van der Waals surface area contributed by atoms with E-state index in [1.807, 2.05) is 37.8 Å². The second-order valence-corrected chi connectivity index (χ2v) is 8.99. The number of carbonyl (C=O) groups excluding carboxylic acids is 2. The number of nitrogens with zero attached hydrogens (tertiary/aromatic N) is 2. The summed E-state index contributed by atoms with van der Waals surface area (Å²) in [4.78, 5) is 30.6. The summed E-state index contributed by atoms with van der Waals surface area (Å²) < 4.78 is 6.02. The van der Waals surface area contributed by atoms with E-state index in [9.17, 15) is 9.59 Å².